The van der Waals surface area contributed by atoms with E-state index >= 15 is 0 Å². The molecule has 0 aliphatic heterocycles. The molecule has 1 heterocycles. The minimum Gasteiger partial charge on any atom is -0.325 e. The van der Waals surface area contributed by atoms with E-state index in [-0.39, 0.29) is 27.8 Å². The van der Waals surface area contributed by atoms with E-state index in [1.165, 1.54) is 12.1 Å². The van der Waals surface area contributed by atoms with Gasteiger partial charge in [-0.1, -0.05) is 11.6 Å². The summed E-state index contributed by atoms with van der Waals surface area (Å²) in [6.45, 7) is 1.53. The molecule has 0 saturated carbocycles. The van der Waals surface area contributed by atoms with Crippen molar-refractivity contribution in [3.05, 3.63) is 40.4 Å². The second kappa shape index (κ2) is 5.39. The van der Waals surface area contributed by atoms with Crippen molar-refractivity contribution in [2.24, 2.45) is 5.73 Å². The number of rotatable bonds is 4. The van der Waals surface area contributed by atoms with E-state index in [1.54, 1.807) is 6.92 Å². The zero-order valence-electron chi connectivity index (χ0n) is 10.4. The minimum atomic E-state index is -3.91. The van der Waals surface area contributed by atoms with E-state index in [0.717, 1.165) is 6.07 Å². The lowest BCUT2D eigenvalue weighted by Gasteiger charge is -2.09. The highest BCUT2D eigenvalue weighted by Crippen LogP contribution is 2.23. The summed E-state index contributed by atoms with van der Waals surface area (Å²) in [7, 11) is -3.91. The first-order valence-corrected chi connectivity index (χ1v) is 7.43. The topological polar surface area (TPSA) is 101 Å². The maximum absolute atomic E-state index is 13.3. The monoisotopic (exact) mass is 318 g/mol. The van der Waals surface area contributed by atoms with Crippen molar-refractivity contribution >= 4 is 27.3 Å². The number of aromatic amines is 1. The molecule has 0 saturated heterocycles. The van der Waals surface area contributed by atoms with Crippen LogP contribution < -0.4 is 10.5 Å². The number of nitrogens with zero attached hydrogens (tertiary/aromatic N) is 1. The van der Waals surface area contributed by atoms with E-state index in [4.69, 9.17) is 17.3 Å². The van der Waals surface area contributed by atoms with Gasteiger partial charge in [-0.15, -0.1) is 0 Å². The Kier molecular flexibility index (Phi) is 3.98. The number of aryl methyl sites for hydroxylation is 1. The van der Waals surface area contributed by atoms with Crippen LogP contribution in [0.3, 0.4) is 0 Å². The van der Waals surface area contributed by atoms with Gasteiger partial charge in [0.05, 0.1) is 22.1 Å². The van der Waals surface area contributed by atoms with Gasteiger partial charge in [0, 0.05) is 6.54 Å². The number of hydrogen-bond donors (Lipinski definition) is 3. The summed E-state index contributed by atoms with van der Waals surface area (Å²) in [6, 6.07) is 3.62. The van der Waals surface area contributed by atoms with E-state index in [1.807, 2.05) is 0 Å². The van der Waals surface area contributed by atoms with Gasteiger partial charge in [0.15, 0.2) is 0 Å². The van der Waals surface area contributed by atoms with Crippen LogP contribution in [-0.4, -0.2) is 18.6 Å². The molecule has 0 unspecified atom stereocenters. The number of nitrogens with two attached hydrogens (primary N) is 1. The second-order valence-corrected chi connectivity index (χ2v) is 6.09. The molecule has 0 radical (unpaired) electrons. The van der Waals surface area contributed by atoms with E-state index < -0.39 is 15.8 Å². The Labute approximate surface area is 120 Å². The number of sulfonamides is 1. The molecule has 0 aliphatic rings. The standard InChI is InChI=1S/C11H12ClFN4O2S/c1-6-11(10(5-14)16-15-6)20(18,19)17-7-2-3-8(12)9(13)4-7/h2-4,17H,5,14H2,1H3,(H,15,16). The van der Waals surface area contributed by atoms with Crippen LogP contribution in [0.1, 0.15) is 11.4 Å². The van der Waals surface area contributed by atoms with E-state index in [2.05, 4.69) is 14.9 Å². The Morgan fingerprint density at radius 3 is 2.80 bits per heavy atom. The Morgan fingerprint density at radius 2 is 2.20 bits per heavy atom. The van der Waals surface area contributed by atoms with Crippen molar-refractivity contribution < 1.29 is 12.8 Å². The Bertz CT molecular complexity index is 745. The summed E-state index contributed by atoms with van der Waals surface area (Å²) in [4.78, 5) is -0.0321. The minimum absolute atomic E-state index is 0.0321. The van der Waals surface area contributed by atoms with Gasteiger partial charge >= 0.3 is 0 Å². The van der Waals surface area contributed by atoms with Crippen LogP contribution in [-0.2, 0) is 16.6 Å². The summed E-state index contributed by atoms with van der Waals surface area (Å²) in [5.41, 5.74) is 6.08. The number of benzene rings is 1. The Hall–Kier alpha value is -1.64. The number of aromatic nitrogens is 2. The maximum Gasteiger partial charge on any atom is 0.265 e. The number of hydrogen-bond acceptors (Lipinski definition) is 4. The summed E-state index contributed by atoms with van der Waals surface area (Å²) in [5, 5.41) is 6.28. The fourth-order valence-electron chi connectivity index (χ4n) is 1.73. The molecule has 0 fully saturated rings. The largest absolute Gasteiger partial charge is 0.325 e. The van der Waals surface area contributed by atoms with Gasteiger partial charge in [0.1, 0.15) is 10.7 Å². The van der Waals surface area contributed by atoms with Crippen LogP contribution >= 0.6 is 11.6 Å². The number of H-pyrrole nitrogens is 1. The first kappa shape index (κ1) is 14.8. The average molecular weight is 319 g/mol. The van der Waals surface area contributed by atoms with Crippen LogP contribution in [0.15, 0.2) is 23.1 Å². The number of anilines is 1. The molecule has 0 aliphatic carbocycles. The molecule has 0 bridgehead atoms. The molecule has 9 heteroatoms. The van der Waals surface area contributed by atoms with Gasteiger partial charge in [-0.05, 0) is 25.1 Å². The lowest BCUT2D eigenvalue weighted by atomic mass is 10.3. The molecule has 0 amide bonds. The first-order chi connectivity index (χ1) is 9.35. The van der Waals surface area contributed by atoms with Crippen LogP contribution in [0.25, 0.3) is 0 Å². The maximum atomic E-state index is 13.3. The van der Waals surface area contributed by atoms with Crippen LogP contribution in [0.4, 0.5) is 10.1 Å². The Balaban J connectivity index is 2.40. The lowest BCUT2D eigenvalue weighted by molar-refractivity contribution is 0.599. The smallest absolute Gasteiger partial charge is 0.265 e. The average Bonchev–Trinajstić information content (AvgIpc) is 2.75. The summed E-state index contributed by atoms with van der Waals surface area (Å²) < 4.78 is 40.1. The normalized spacial score (nSPS) is 11.6. The van der Waals surface area contributed by atoms with E-state index in [0.29, 0.717) is 5.69 Å². The number of halogens is 2. The molecule has 4 N–H and O–H groups in total. The zero-order valence-corrected chi connectivity index (χ0v) is 12.0. The van der Waals surface area contributed by atoms with Gasteiger partial charge in [-0.2, -0.15) is 5.10 Å². The molecule has 1 aromatic heterocycles. The molecule has 0 atom stereocenters. The van der Waals surface area contributed by atoms with Crippen LogP contribution in [0.2, 0.25) is 5.02 Å². The van der Waals surface area contributed by atoms with Gasteiger partial charge in [0.2, 0.25) is 0 Å². The quantitative estimate of drug-likeness (QED) is 0.799. The van der Waals surface area contributed by atoms with Gasteiger partial charge in [-0.25, -0.2) is 12.8 Å². The highest BCUT2D eigenvalue weighted by Gasteiger charge is 2.24. The van der Waals surface area contributed by atoms with Crippen molar-refractivity contribution in [2.45, 2.75) is 18.4 Å². The lowest BCUT2D eigenvalue weighted by Crippen LogP contribution is -2.16. The third-order valence-corrected chi connectivity index (χ3v) is 4.49. The molecule has 2 rings (SSSR count). The summed E-state index contributed by atoms with van der Waals surface area (Å²) in [5.74, 6) is -0.713. The molecular weight excluding hydrogens is 307 g/mol. The van der Waals surface area contributed by atoms with Gasteiger partial charge < -0.3 is 5.73 Å². The molecule has 108 valence electrons. The van der Waals surface area contributed by atoms with E-state index in [9.17, 15) is 12.8 Å². The third kappa shape index (κ3) is 2.77. The van der Waals surface area contributed by atoms with Crippen LogP contribution in [0.5, 0.6) is 0 Å². The predicted molar refractivity (Wildman–Crippen MR) is 73.4 cm³/mol. The highest BCUT2D eigenvalue weighted by atomic mass is 35.5. The second-order valence-electron chi connectivity index (χ2n) is 4.06. The molecule has 1 aromatic carbocycles. The number of nitrogens with one attached hydrogen (secondary N) is 2. The Morgan fingerprint density at radius 1 is 1.50 bits per heavy atom. The van der Waals surface area contributed by atoms with Crippen molar-refractivity contribution in [3.8, 4) is 0 Å². The molecular formula is C11H12ClFN4O2S. The first-order valence-electron chi connectivity index (χ1n) is 5.57. The molecule has 20 heavy (non-hydrogen) atoms. The SMILES string of the molecule is Cc1[nH]nc(CN)c1S(=O)(=O)Nc1ccc(Cl)c(F)c1. The highest BCUT2D eigenvalue weighted by molar-refractivity contribution is 7.92. The van der Waals surface area contributed by atoms with Gasteiger partial charge in [-0.3, -0.25) is 9.82 Å². The summed E-state index contributed by atoms with van der Waals surface area (Å²) >= 11 is 5.54. The van der Waals surface area contributed by atoms with Crippen molar-refractivity contribution in [3.63, 3.8) is 0 Å². The van der Waals surface area contributed by atoms with Gasteiger partial charge in [0.25, 0.3) is 10.0 Å². The fourth-order valence-corrected chi connectivity index (χ4v) is 3.27. The summed E-state index contributed by atoms with van der Waals surface area (Å²) in [6.07, 6.45) is 0. The van der Waals surface area contributed by atoms with Crippen molar-refractivity contribution in [2.75, 3.05) is 4.72 Å². The van der Waals surface area contributed by atoms with Crippen molar-refractivity contribution in [1.82, 2.24) is 10.2 Å². The third-order valence-electron chi connectivity index (χ3n) is 2.60. The predicted octanol–water partition coefficient (Wildman–Crippen LogP) is 1.77. The fraction of sp³-hybridized carbons (Fsp3) is 0.182. The molecule has 6 nitrogen and oxygen atoms in total. The van der Waals surface area contributed by atoms with Crippen molar-refractivity contribution in [1.29, 1.82) is 0 Å². The molecule has 0 spiro atoms. The van der Waals surface area contributed by atoms with Crippen LogP contribution in [0, 0.1) is 12.7 Å². The molecule has 2 aromatic rings. The zero-order chi connectivity index (χ0) is 14.9.